The molecule has 3 nitrogen and oxygen atoms in total. The second kappa shape index (κ2) is 3.37. The summed E-state index contributed by atoms with van der Waals surface area (Å²) in [5.74, 6) is 0. The number of nitrogens with zero attached hydrogens (tertiary/aromatic N) is 1. The molecule has 0 spiro atoms. The second-order valence-corrected chi connectivity index (χ2v) is 2.73. The maximum absolute atomic E-state index is 12.0. The molecule has 0 aliphatic heterocycles. The molecule has 6 heteroatoms. The van der Waals surface area contributed by atoms with Crippen molar-refractivity contribution in [1.82, 2.24) is 10.2 Å². The molecule has 0 saturated heterocycles. The highest BCUT2D eigenvalue weighted by atomic mass is 19.4. The molecule has 0 bridgehead atoms. The maximum atomic E-state index is 12.0. The van der Waals surface area contributed by atoms with Crippen molar-refractivity contribution in [2.24, 2.45) is 0 Å². The van der Waals surface area contributed by atoms with Gasteiger partial charge in [0.2, 0.25) is 0 Å². The number of nitrogens with one attached hydrogen (secondary N) is 1. The van der Waals surface area contributed by atoms with Crippen LogP contribution in [0.15, 0.2) is 0 Å². The van der Waals surface area contributed by atoms with E-state index in [4.69, 9.17) is 5.11 Å². The number of rotatable bonds is 2. The molecule has 0 unspecified atom stereocenters. The van der Waals surface area contributed by atoms with E-state index in [0.717, 1.165) is 0 Å². The number of aliphatic hydroxyl groups excluding tert-OH is 1. The smallest absolute Gasteiger partial charge is 0.393 e. The minimum Gasteiger partial charge on any atom is -0.393 e. The Morgan fingerprint density at radius 3 is 2.62 bits per heavy atom. The average Bonchev–Trinajstić information content (AvgIpc) is 2.32. The largest absolute Gasteiger partial charge is 0.435 e. The summed E-state index contributed by atoms with van der Waals surface area (Å²) in [6.45, 7) is 1.47. The zero-order valence-corrected chi connectivity index (χ0v) is 6.81. The molecule has 1 aromatic rings. The SMILES string of the molecule is C[C@@H](O)Cc1[c]c(C(F)(F)F)n[nH]1. The van der Waals surface area contributed by atoms with Gasteiger partial charge < -0.3 is 5.11 Å². The molecular weight excluding hydrogens is 185 g/mol. The normalized spacial score (nSPS) is 14.5. The van der Waals surface area contributed by atoms with Gasteiger partial charge in [-0.3, -0.25) is 5.10 Å². The molecule has 0 aromatic carbocycles. The molecule has 1 radical (unpaired) electrons. The monoisotopic (exact) mass is 193 g/mol. The van der Waals surface area contributed by atoms with E-state index in [1.165, 1.54) is 6.92 Å². The van der Waals surface area contributed by atoms with Gasteiger partial charge in [0.15, 0.2) is 5.69 Å². The number of aromatic amines is 1. The topological polar surface area (TPSA) is 48.9 Å². The van der Waals surface area contributed by atoms with E-state index in [1.807, 2.05) is 6.07 Å². The van der Waals surface area contributed by atoms with Crippen LogP contribution in [-0.2, 0) is 12.6 Å². The van der Waals surface area contributed by atoms with Crippen LogP contribution >= 0.6 is 0 Å². The lowest BCUT2D eigenvalue weighted by Gasteiger charge is -1.99. The molecule has 2 N–H and O–H groups in total. The van der Waals surface area contributed by atoms with Gasteiger partial charge in [-0.2, -0.15) is 18.3 Å². The third kappa shape index (κ3) is 2.73. The third-order valence-electron chi connectivity index (χ3n) is 1.34. The summed E-state index contributed by atoms with van der Waals surface area (Å²) < 4.78 is 35.9. The number of hydrogen-bond acceptors (Lipinski definition) is 2. The van der Waals surface area contributed by atoms with Gasteiger partial charge >= 0.3 is 6.18 Å². The van der Waals surface area contributed by atoms with Gasteiger partial charge in [0, 0.05) is 18.2 Å². The second-order valence-electron chi connectivity index (χ2n) is 2.73. The fourth-order valence-electron chi connectivity index (χ4n) is 0.849. The zero-order chi connectivity index (χ0) is 10.1. The highest BCUT2D eigenvalue weighted by Gasteiger charge is 2.34. The number of H-pyrrole nitrogens is 1. The van der Waals surface area contributed by atoms with Crippen molar-refractivity contribution in [3.05, 3.63) is 17.5 Å². The molecule has 1 atom stereocenters. The van der Waals surface area contributed by atoms with E-state index >= 15 is 0 Å². The van der Waals surface area contributed by atoms with E-state index in [9.17, 15) is 13.2 Å². The van der Waals surface area contributed by atoms with Crippen LogP contribution in [0.5, 0.6) is 0 Å². The van der Waals surface area contributed by atoms with Gasteiger partial charge in [0.1, 0.15) is 0 Å². The molecule has 1 aromatic heterocycles. The summed E-state index contributed by atoms with van der Waals surface area (Å²) in [5, 5.41) is 14.1. The van der Waals surface area contributed by atoms with Gasteiger partial charge in [0.25, 0.3) is 0 Å². The Bertz CT molecular complexity index is 280. The van der Waals surface area contributed by atoms with Crippen molar-refractivity contribution >= 4 is 0 Å². The third-order valence-corrected chi connectivity index (χ3v) is 1.34. The summed E-state index contributed by atoms with van der Waals surface area (Å²) in [7, 11) is 0. The summed E-state index contributed by atoms with van der Waals surface area (Å²) in [6, 6.07) is 2.03. The highest BCUT2D eigenvalue weighted by Crippen LogP contribution is 2.27. The Balaban J connectivity index is 2.75. The summed E-state index contributed by atoms with van der Waals surface area (Å²) in [5.41, 5.74) is -0.925. The standard InChI is InChI=1S/C7H8F3N2O/c1-4(13)2-5-3-6(12-11-5)7(8,9)10/h4,13H,2H2,1H3,(H,11,12)/t4-/m1/s1. The number of halogens is 3. The Morgan fingerprint density at radius 2 is 2.23 bits per heavy atom. The molecule has 73 valence electrons. The van der Waals surface area contributed by atoms with Gasteiger partial charge in [0.05, 0.1) is 6.10 Å². The molecule has 13 heavy (non-hydrogen) atoms. The van der Waals surface area contributed by atoms with E-state index < -0.39 is 18.0 Å². The average molecular weight is 193 g/mol. The summed E-state index contributed by atoms with van der Waals surface area (Å²) >= 11 is 0. The maximum Gasteiger partial charge on any atom is 0.435 e. The lowest BCUT2D eigenvalue weighted by molar-refractivity contribution is -0.141. The van der Waals surface area contributed by atoms with Crippen LogP contribution in [0.3, 0.4) is 0 Å². The first kappa shape index (κ1) is 10.0. The van der Waals surface area contributed by atoms with Gasteiger partial charge in [-0.05, 0) is 6.92 Å². The number of aromatic nitrogens is 2. The molecule has 0 saturated carbocycles. The number of alkyl halides is 3. The number of hydrogen-bond donors (Lipinski definition) is 2. The molecular formula is C7H8F3N2O. The van der Waals surface area contributed by atoms with E-state index in [1.54, 1.807) is 0 Å². The highest BCUT2D eigenvalue weighted by molar-refractivity contribution is 5.09. The minimum atomic E-state index is -4.48. The Morgan fingerprint density at radius 1 is 1.62 bits per heavy atom. The van der Waals surface area contributed by atoms with E-state index in [-0.39, 0.29) is 12.1 Å². The summed E-state index contributed by atoms with van der Waals surface area (Å²) in [4.78, 5) is 0. The predicted octanol–water partition coefficient (Wildman–Crippen LogP) is 1.15. The van der Waals surface area contributed by atoms with Crippen LogP contribution in [0.25, 0.3) is 0 Å². The van der Waals surface area contributed by atoms with Crippen molar-refractivity contribution in [1.29, 1.82) is 0 Å². The van der Waals surface area contributed by atoms with Gasteiger partial charge in [-0.15, -0.1) is 0 Å². The quantitative estimate of drug-likeness (QED) is 0.740. The van der Waals surface area contributed by atoms with Crippen LogP contribution in [0, 0.1) is 6.07 Å². The molecule has 1 heterocycles. The zero-order valence-electron chi connectivity index (χ0n) is 6.81. The van der Waals surface area contributed by atoms with Gasteiger partial charge in [-0.25, -0.2) is 0 Å². The fourth-order valence-corrected chi connectivity index (χ4v) is 0.849. The van der Waals surface area contributed by atoms with Gasteiger partial charge in [-0.1, -0.05) is 0 Å². The fraction of sp³-hybridized carbons (Fsp3) is 0.571. The van der Waals surface area contributed by atoms with Crippen molar-refractivity contribution in [2.45, 2.75) is 25.6 Å². The van der Waals surface area contributed by atoms with Crippen LogP contribution in [0.1, 0.15) is 18.3 Å². The van der Waals surface area contributed by atoms with Crippen LogP contribution in [0.4, 0.5) is 13.2 Å². The van der Waals surface area contributed by atoms with Crippen molar-refractivity contribution in [2.75, 3.05) is 0 Å². The lowest BCUT2D eigenvalue weighted by Crippen LogP contribution is -2.05. The first-order chi connectivity index (χ1) is 5.89. The van der Waals surface area contributed by atoms with Crippen molar-refractivity contribution < 1.29 is 18.3 Å². The minimum absolute atomic E-state index is 0.0864. The Hall–Kier alpha value is -1.04. The molecule has 0 aliphatic rings. The Kier molecular flexibility index (Phi) is 2.60. The van der Waals surface area contributed by atoms with Crippen molar-refractivity contribution in [3.63, 3.8) is 0 Å². The first-order valence-corrected chi connectivity index (χ1v) is 3.61. The van der Waals surface area contributed by atoms with E-state index in [0.29, 0.717) is 0 Å². The van der Waals surface area contributed by atoms with E-state index in [2.05, 4.69) is 10.2 Å². The van der Waals surface area contributed by atoms with Crippen LogP contribution in [0.2, 0.25) is 0 Å². The van der Waals surface area contributed by atoms with Crippen molar-refractivity contribution in [3.8, 4) is 0 Å². The molecule has 1 rings (SSSR count). The summed E-state index contributed by atoms with van der Waals surface area (Å²) in [6.07, 6.45) is -5.10. The van der Waals surface area contributed by atoms with Crippen LogP contribution < -0.4 is 0 Å². The molecule has 0 amide bonds. The van der Waals surface area contributed by atoms with Crippen LogP contribution in [-0.4, -0.2) is 21.4 Å². The lowest BCUT2D eigenvalue weighted by atomic mass is 10.2. The molecule has 0 fully saturated rings. The Labute approximate surface area is 72.6 Å². The first-order valence-electron chi connectivity index (χ1n) is 3.61. The number of aliphatic hydroxyl groups is 1. The predicted molar refractivity (Wildman–Crippen MR) is 37.8 cm³/mol. The molecule has 0 aliphatic carbocycles.